The predicted molar refractivity (Wildman–Crippen MR) is 59.0 cm³/mol. The summed E-state index contributed by atoms with van der Waals surface area (Å²) in [5, 5.41) is 0. The summed E-state index contributed by atoms with van der Waals surface area (Å²) in [6.45, 7) is 2.37. The molecule has 0 spiro atoms. The maximum atomic E-state index is 13.3. The van der Waals surface area contributed by atoms with E-state index >= 15 is 0 Å². The van der Waals surface area contributed by atoms with E-state index in [-0.39, 0.29) is 6.61 Å². The summed E-state index contributed by atoms with van der Waals surface area (Å²) < 4.78 is 18.7. The Morgan fingerprint density at radius 3 is 2.47 bits per heavy atom. The molecule has 1 fully saturated rings. The monoisotopic (exact) mass is 208 g/mol. The number of ether oxygens (including phenoxy) is 1. The number of hydrogen-bond donors (Lipinski definition) is 0. The second-order valence-electron chi connectivity index (χ2n) is 4.33. The lowest BCUT2D eigenvalue weighted by molar-refractivity contribution is 0.177. The molecule has 0 heterocycles. The van der Waals surface area contributed by atoms with Gasteiger partial charge in [0.1, 0.15) is 18.0 Å². The van der Waals surface area contributed by atoms with Crippen LogP contribution in [0.2, 0.25) is 0 Å². The summed E-state index contributed by atoms with van der Waals surface area (Å²) in [6.07, 6.45) is 3.54. The normalized spacial score (nSPS) is 17.5. The molecule has 0 unspecified atom stereocenters. The first-order valence-electron chi connectivity index (χ1n) is 5.62. The van der Waals surface area contributed by atoms with Crippen molar-refractivity contribution < 1.29 is 9.13 Å². The average molecular weight is 208 g/mol. The summed E-state index contributed by atoms with van der Waals surface area (Å²) in [5.41, 5.74) is 0.286. The van der Waals surface area contributed by atoms with Gasteiger partial charge in [-0.25, -0.2) is 4.39 Å². The Morgan fingerprint density at radius 1 is 1.27 bits per heavy atom. The predicted octanol–water partition coefficient (Wildman–Crippen LogP) is 3.52. The van der Waals surface area contributed by atoms with Crippen molar-refractivity contribution in [3.05, 3.63) is 29.8 Å². The van der Waals surface area contributed by atoms with Crippen LogP contribution in [-0.2, 0) is 6.42 Å². The van der Waals surface area contributed by atoms with Crippen LogP contribution in [0.3, 0.4) is 0 Å². The van der Waals surface area contributed by atoms with Crippen LogP contribution < -0.4 is 4.74 Å². The second-order valence-corrected chi connectivity index (χ2v) is 4.33. The molecule has 1 aromatic rings. The lowest BCUT2D eigenvalue weighted by Crippen LogP contribution is -2.13. The van der Waals surface area contributed by atoms with Gasteiger partial charge in [0.25, 0.3) is 0 Å². The molecule has 0 aliphatic heterocycles. The molecule has 0 saturated heterocycles. The van der Waals surface area contributed by atoms with Gasteiger partial charge >= 0.3 is 0 Å². The van der Waals surface area contributed by atoms with Gasteiger partial charge in [0.2, 0.25) is 0 Å². The van der Waals surface area contributed by atoms with Crippen LogP contribution >= 0.6 is 0 Å². The molecule has 1 saturated carbocycles. The fraction of sp³-hybridized carbons (Fsp3) is 0.538. The van der Waals surface area contributed by atoms with E-state index < -0.39 is 5.67 Å². The summed E-state index contributed by atoms with van der Waals surface area (Å²) in [5.74, 6) is 0.777. The van der Waals surface area contributed by atoms with Gasteiger partial charge in [0.05, 0.1) is 0 Å². The van der Waals surface area contributed by atoms with Crippen LogP contribution in [0, 0.1) is 0 Å². The van der Waals surface area contributed by atoms with Crippen molar-refractivity contribution in [2.24, 2.45) is 0 Å². The van der Waals surface area contributed by atoms with Crippen LogP contribution in [0.5, 0.6) is 5.75 Å². The minimum atomic E-state index is -1.03. The molecule has 2 heteroatoms. The number of benzene rings is 1. The lowest BCUT2D eigenvalue weighted by Gasteiger charge is -2.08. The number of halogens is 1. The molecule has 0 atom stereocenters. The molecule has 0 aromatic heterocycles. The highest BCUT2D eigenvalue weighted by Gasteiger charge is 2.44. The summed E-state index contributed by atoms with van der Waals surface area (Å²) in [7, 11) is 0. The Hall–Kier alpha value is -1.05. The van der Waals surface area contributed by atoms with Crippen molar-refractivity contribution in [2.75, 3.05) is 6.61 Å². The first kappa shape index (κ1) is 10.5. The minimum absolute atomic E-state index is 0.208. The Bertz CT molecular complexity index is 314. The molecule has 1 aliphatic rings. The average Bonchev–Trinajstić information content (AvgIpc) is 2.97. The first-order valence-corrected chi connectivity index (χ1v) is 5.62. The fourth-order valence-corrected chi connectivity index (χ4v) is 1.53. The number of rotatable bonds is 5. The maximum Gasteiger partial charge on any atom is 0.145 e. The van der Waals surface area contributed by atoms with E-state index in [4.69, 9.17) is 4.74 Å². The number of alkyl halides is 1. The smallest absolute Gasteiger partial charge is 0.145 e. The van der Waals surface area contributed by atoms with E-state index in [0.29, 0.717) is 12.8 Å². The van der Waals surface area contributed by atoms with Crippen molar-refractivity contribution >= 4 is 0 Å². The van der Waals surface area contributed by atoms with Crippen molar-refractivity contribution in [1.82, 2.24) is 0 Å². The highest BCUT2D eigenvalue weighted by molar-refractivity contribution is 5.27. The highest BCUT2D eigenvalue weighted by Crippen LogP contribution is 2.39. The van der Waals surface area contributed by atoms with Crippen LogP contribution in [-0.4, -0.2) is 12.3 Å². The second kappa shape index (κ2) is 4.21. The quantitative estimate of drug-likeness (QED) is 0.719. The summed E-state index contributed by atoms with van der Waals surface area (Å²) in [6, 6.07) is 7.96. The SMILES string of the molecule is CCCc1ccc(OCC2(F)CC2)cc1. The zero-order valence-corrected chi connectivity index (χ0v) is 9.13. The van der Waals surface area contributed by atoms with Crippen molar-refractivity contribution in [3.8, 4) is 5.75 Å². The Morgan fingerprint density at radius 2 is 1.93 bits per heavy atom. The van der Waals surface area contributed by atoms with Crippen molar-refractivity contribution in [2.45, 2.75) is 38.3 Å². The van der Waals surface area contributed by atoms with Gasteiger partial charge in [0.15, 0.2) is 0 Å². The highest BCUT2D eigenvalue weighted by atomic mass is 19.1. The molecular weight excluding hydrogens is 191 g/mol. The van der Waals surface area contributed by atoms with E-state index in [2.05, 4.69) is 19.1 Å². The third kappa shape index (κ3) is 2.95. The molecule has 0 N–H and O–H groups in total. The van der Waals surface area contributed by atoms with E-state index in [1.807, 2.05) is 12.1 Å². The molecule has 1 nitrogen and oxygen atoms in total. The molecule has 2 rings (SSSR count). The third-order valence-electron chi connectivity index (χ3n) is 2.75. The molecule has 82 valence electrons. The van der Waals surface area contributed by atoms with E-state index in [1.165, 1.54) is 5.56 Å². The molecule has 1 aliphatic carbocycles. The van der Waals surface area contributed by atoms with Crippen LogP contribution in [0.1, 0.15) is 31.7 Å². The maximum absolute atomic E-state index is 13.3. The van der Waals surface area contributed by atoms with Crippen LogP contribution in [0.15, 0.2) is 24.3 Å². The van der Waals surface area contributed by atoms with Crippen LogP contribution in [0.25, 0.3) is 0 Å². The fourth-order valence-electron chi connectivity index (χ4n) is 1.53. The van der Waals surface area contributed by atoms with Crippen molar-refractivity contribution in [3.63, 3.8) is 0 Å². The van der Waals surface area contributed by atoms with E-state index in [9.17, 15) is 4.39 Å². The summed E-state index contributed by atoms with van der Waals surface area (Å²) >= 11 is 0. The van der Waals surface area contributed by atoms with Gasteiger partial charge in [-0.05, 0) is 37.0 Å². The van der Waals surface area contributed by atoms with Gasteiger partial charge < -0.3 is 4.74 Å². The number of aryl methyl sites for hydroxylation is 1. The largest absolute Gasteiger partial charge is 0.490 e. The zero-order valence-electron chi connectivity index (χ0n) is 9.13. The first-order chi connectivity index (χ1) is 7.22. The zero-order chi connectivity index (χ0) is 10.7. The molecular formula is C13H17FO. The molecule has 0 amide bonds. The van der Waals surface area contributed by atoms with Crippen LogP contribution in [0.4, 0.5) is 4.39 Å². The van der Waals surface area contributed by atoms with Crippen molar-refractivity contribution in [1.29, 1.82) is 0 Å². The Kier molecular flexibility index (Phi) is 2.94. The topological polar surface area (TPSA) is 9.23 Å². The van der Waals surface area contributed by atoms with Gasteiger partial charge in [0, 0.05) is 0 Å². The van der Waals surface area contributed by atoms with E-state index in [0.717, 1.165) is 18.6 Å². The minimum Gasteiger partial charge on any atom is -0.490 e. The van der Waals surface area contributed by atoms with Gasteiger partial charge in [-0.2, -0.15) is 0 Å². The van der Waals surface area contributed by atoms with Gasteiger partial charge in [-0.3, -0.25) is 0 Å². The standard InChI is InChI=1S/C13H17FO/c1-2-3-11-4-6-12(7-5-11)15-10-13(14)8-9-13/h4-7H,2-3,8-10H2,1H3. The molecule has 1 aromatic carbocycles. The molecule has 0 radical (unpaired) electrons. The Balaban J connectivity index is 1.86. The summed E-state index contributed by atoms with van der Waals surface area (Å²) in [4.78, 5) is 0. The Labute approximate surface area is 90.3 Å². The lowest BCUT2D eigenvalue weighted by atomic mass is 10.1. The van der Waals surface area contributed by atoms with E-state index in [1.54, 1.807) is 0 Å². The third-order valence-corrected chi connectivity index (χ3v) is 2.75. The van der Waals surface area contributed by atoms with Gasteiger partial charge in [-0.1, -0.05) is 25.5 Å². The molecule has 15 heavy (non-hydrogen) atoms. The number of hydrogen-bond acceptors (Lipinski definition) is 1. The molecule has 0 bridgehead atoms. The van der Waals surface area contributed by atoms with Gasteiger partial charge in [-0.15, -0.1) is 0 Å².